The van der Waals surface area contributed by atoms with Crippen LogP contribution in [0.4, 0.5) is 4.39 Å². The summed E-state index contributed by atoms with van der Waals surface area (Å²) in [6.07, 6.45) is 0. The van der Waals surface area contributed by atoms with Crippen molar-refractivity contribution < 1.29 is 14.1 Å². The number of hydrogen-bond donors (Lipinski definition) is 1. The summed E-state index contributed by atoms with van der Waals surface area (Å²) in [6, 6.07) is 16.0. The molecule has 0 spiro atoms. The van der Waals surface area contributed by atoms with E-state index in [4.69, 9.17) is 5.10 Å². The summed E-state index contributed by atoms with van der Waals surface area (Å²) >= 11 is 0. The molecular weight excluding hydrogens is 367 g/mol. The Bertz CT molecular complexity index is 987. The Balaban J connectivity index is 1.71. The third-order valence-electron chi connectivity index (χ3n) is 5.60. The Morgan fingerprint density at radius 2 is 1.72 bits per heavy atom. The summed E-state index contributed by atoms with van der Waals surface area (Å²) in [6.45, 7) is 8.70. The van der Waals surface area contributed by atoms with Crippen LogP contribution in [0.1, 0.15) is 23.0 Å². The van der Waals surface area contributed by atoms with Crippen LogP contribution in [-0.4, -0.2) is 53.3 Å². The average molecular weight is 393 g/mol. The molecule has 2 heterocycles. The second-order valence-electron chi connectivity index (χ2n) is 7.56. The highest BCUT2D eigenvalue weighted by Crippen LogP contribution is 2.23. The first-order valence-corrected chi connectivity index (χ1v) is 10.1. The number of aryl methyl sites for hydroxylation is 1. The van der Waals surface area contributed by atoms with Gasteiger partial charge in [0.25, 0.3) is 5.91 Å². The zero-order valence-corrected chi connectivity index (χ0v) is 16.9. The van der Waals surface area contributed by atoms with Gasteiger partial charge in [-0.05, 0) is 56.3 Å². The SMILES string of the molecule is CC[NH+]1CCN(C(=O)c2cc(-c3ccc(F)cc3)nn2-c2ccc(C)cc2)CC1. The topological polar surface area (TPSA) is 42.6 Å². The Kier molecular flexibility index (Phi) is 5.45. The number of carbonyl (C=O) groups excluding carboxylic acids is 1. The number of rotatable bonds is 4. The van der Waals surface area contributed by atoms with Gasteiger partial charge in [0.1, 0.15) is 11.5 Å². The molecule has 0 radical (unpaired) electrons. The third kappa shape index (κ3) is 4.07. The number of amides is 1. The Morgan fingerprint density at radius 3 is 2.34 bits per heavy atom. The van der Waals surface area contributed by atoms with E-state index in [0.717, 1.165) is 49.5 Å². The molecule has 0 bridgehead atoms. The van der Waals surface area contributed by atoms with Crippen LogP contribution in [0, 0.1) is 12.7 Å². The van der Waals surface area contributed by atoms with Gasteiger partial charge in [0.15, 0.2) is 0 Å². The molecule has 1 aliphatic heterocycles. The molecule has 6 heteroatoms. The summed E-state index contributed by atoms with van der Waals surface area (Å²) in [7, 11) is 0. The maximum Gasteiger partial charge on any atom is 0.273 e. The molecular formula is C23H26FN4O+. The number of nitrogens with one attached hydrogen (secondary N) is 1. The van der Waals surface area contributed by atoms with E-state index in [1.165, 1.54) is 17.0 Å². The largest absolute Gasteiger partial charge is 0.332 e. The number of halogens is 1. The van der Waals surface area contributed by atoms with Gasteiger partial charge in [-0.25, -0.2) is 9.07 Å². The predicted molar refractivity (Wildman–Crippen MR) is 111 cm³/mol. The maximum atomic E-state index is 13.4. The molecule has 3 aromatic rings. The number of quaternary nitrogens is 1. The summed E-state index contributed by atoms with van der Waals surface area (Å²) < 4.78 is 15.0. The number of piperazine rings is 1. The minimum Gasteiger partial charge on any atom is -0.332 e. The van der Waals surface area contributed by atoms with Crippen LogP contribution in [0.2, 0.25) is 0 Å². The Labute approximate surface area is 170 Å². The van der Waals surface area contributed by atoms with Crippen molar-refractivity contribution in [1.29, 1.82) is 0 Å². The summed E-state index contributed by atoms with van der Waals surface area (Å²) in [5.41, 5.74) is 3.96. The predicted octanol–water partition coefficient (Wildman–Crippen LogP) is 2.35. The molecule has 2 aromatic carbocycles. The molecule has 1 aromatic heterocycles. The zero-order chi connectivity index (χ0) is 20.4. The van der Waals surface area contributed by atoms with E-state index in [0.29, 0.717) is 11.4 Å². The van der Waals surface area contributed by atoms with Crippen molar-refractivity contribution in [2.45, 2.75) is 13.8 Å². The second-order valence-corrected chi connectivity index (χ2v) is 7.56. The first-order chi connectivity index (χ1) is 14.0. The van der Waals surface area contributed by atoms with Gasteiger partial charge in [-0.1, -0.05) is 17.7 Å². The molecule has 0 aliphatic carbocycles. The van der Waals surface area contributed by atoms with E-state index in [-0.39, 0.29) is 11.7 Å². The number of nitrogens with zero attached hydrogens (tertiary/aromatic N) is 3. The fraction of sp³-hybridized carbons (Fsp3) is 0.304. The first-order valence-electron chi connectivity index (χ1n) is 10.1. The summed E-state index contributed by atoms with van der Waals surface area (Å²) in [4.78, 5) is 16.8. The molecule has 0 atom stereocenters. The van der Waals surface area contributed by atoms with E-state index >= 15 is 0 Å². The number of likely N-dealkylation sites (N-methyl/N-ethyl adjacent to an activating group) is 1. The van der Waals surface area contributed by atoms with Crippen molar-refractivity contribution in [1.82, 2.24) is 14.7 Å². The highest BCUT2D eigenvalue weighted by Gasteiger charge is 2.27. The number of hydrogen-bond acceptors (Lipinski definition) is 2. The number of carbonyl (C=O) groups is 1. The Morgan fingerprint density at radius 1 is 1.07 bits per heavy atom. The van der Waals surface area contributed by atoms with Crippen molar-refractivity contribution in [2.24, 2.45) is 0 Å². The normalized spacial score (nSPS) is 14.9. The zero-order valence-electron chi connectivity index (χ0n) is 16.9. The average Bonchev–Trinajstić information content (AvgIpc) is 3.19. The summed E-state index contributed by atoms with van der Waals surface area (Å²) in [5, 5.41) is 4.70. The van der Waals surface area contributed by atoms with Crippen molar-refractivity contribution in [3.05, 3.63) is 71.7 Å². The van der Waals surface area contributed by atoms with Crippen LogP contribution < -0.4 is 4.90 Å². The lowest BCUT2D eigenvalue weighted by Crippen LogP contribution is -3.14. The minimum absolute atomic E-state index is 0.0124. The molecule has 1 fully saturated rings. The third-order valence-corrected chi connectivity index (χ3v) is 5.60. The van der Waals surface area contributed by atoms with E-state index in [1.807, 2.05) is 42.2 Å². The van der Waals surface area contributed by atoms with Gasteiger partial charge in [-0.3, -0.25) is 4.79 Å². The molecule has 0 saturated carbocycles. The van der Waals surface area contributed by atoms with Crippen molar-refractivity contribution in [3.8, 4) is 16.9 Å². The van der Waals surface area contributed by atoms with Gasteiger partial charge in [-0.2, -0.15) is 5.10 Å². The van der Waals surface area contributed by atoms with Gasteiger partial charge < -0.3 is 9.80 Å². The Hall–Kier alpha value is -2.99. The van der Waals surface area contributed by atoms with E-state index < -0.39 is 0 Å². The fourth-order valence-corrected chi connectivity index (χ4v) is 3.72. The highest BCUT2D eigenvalue weighted by molar-refractivity contribution is 5.94. The first kappa shape index (κ1) is 19.3. The lowest BCUT2D eigenvalue weighted by Gasteiger charge is -2.31. The van der Waals surface area contributed by atoms with Gasteiger partial charge in [0.2, 0.25) is 0 Å². The van der Waals surface area contributed by atoms with Crippen LogP contribution in [0.3, 0.4) is 0 Å². The summed E-state index contributed by atoms with van der Waals surface area (Å²) in [5.74, 6) is -0.305. The molecule has 150 valence electrons. The molecule has 1 saturated heterocycles. The van der Waals surface area contributed by atoms with Gasteiger partial charge in [-0.15, -0.1) is 0 Å². The minimum atomic E-state index is -0.292. The number of aromatic nitrogens is 2. The number of benzene rings is 2. The van der Waals surface area contributed by atoms with Crippen LogP contribution in [0.15, 0.2) is 54.6 Å². The lowest BCUT2D eigenvalue weighted by atomic mass is 10.1. The smallest absolute Gasteiger partial charge is 0.273 e. The fourth-order valence-electron chi connectivity index (χ4n) is 3.72. The molecule has 29 heavy (non-hydrogen) atoms. The van der Waals surface area contributed by atoms with Gasteiger partial charge in [0, 0.05) is 5.56 Å². The van der Waals surface area contributed by atoms with E-state index in [9.17, 15) is 9.18 Å². The van der Waals surface area contributed by atoms with Crippen molar-refractivity contribution >= 4 is 5.91 Å². The highest BCUT2D eigenvalue weighted by atomic mass is 19.1. The molecule has 1 N–H and O–H groups in total. The van der Waals surface area contributed by atoms with Crippen LogP contribution >= 0.6 is 0 Å². The van der Waals surface area contributed by atoms with Crippen LogP contribution in [0.5, 0.6) is 0 Å². The molecule has 1 amide bonds. The second kappa shape index (κ2) is 8.17. The van der Waals surface area contributed by atoms with Crippen LogP contribution in [-0.2, 0) is 0 Å². The standard InChI is InChI=1S/C23H25FN4O/c1-3-26-12-14-27(15-13-26)23(29)22-16-21(18-6-8-19(24)9-7-18)25-28(22)20-10-4-17(2)5-11-20/h4-11,16H,3,12-15H2,1-2H3/p+1. The maximum absolute atomic E-state index is 13.4. The van der Waals surface area contributed by atoms with Crippen LogP contribution in [0.25, 0.3) is 16.9 Å². The molecule has 5 nitrogen and oxygen atoms in total. The van der Waals surface area contributed by atoms with E-state index in [2.05, 4.69) is 6.92 Å². The van der Waals surface area contributed by atoms with Crippen molar-refractivity contribution in [2.75, 3.05) is 32.7 Å². The lowest BCUT2D eigenvalue weighted by molar-refractivity contribution is -0.902. The van der Waals surface area contributed by atoms with Gasteiger partial charge >= 0.3 is 0 Å². The van der Waals surface area contributed by atoms with E-state index in [1.54, 1.807) is 16.8 Å². The van der Waals surface area contributed by atoms with Gasteiger partial charge in [0.05, 0.1) is 44.1 Å². The molecule has 4 rings (SSSR count). The quantitative estimate of drug-likeness (QED) is 0.739. The molecule has 1 aliphatic rings. The van der Waals surface area contributed by atoms with Crippen molar-refractivity contribution in [3.63, 3.8) is 0 Å². The molecule has 0 unspecified atom stereocenters. The monoisotopic (exact) mass is 393 g/mol.